The summed E-state index contributed by atoms with van der Waals surface area (Å²) in [5.74, 6) is 0. The topological polar surface area (TPSA) is 0 Å². The van der Waals surface area contributed by atoms with Crippen molar-refractivity contribution in [3.63, 3.8) is 0 Å². The number of hydrogen-bond donors (Lipinski definition) is 0. The molecule has 0 fully saturated rings. The Bertz CT molecular complexity index is 474. The molecule has 1 atom stereocenters. The molecule has 92 valence electrons. The molecule has 0 aromatic heterocycles. The Balaban J connectivity index is 0.00000144. The molecule has 0 aliphatic carbocycles. The van der Waals surface area contributed by atoms with Crippen LogP contribution in [-0.4, -0.2) is 0 Å². The van der Waals surface area contributed by atoms with E-state index in [4.69, 9.17) is 0 Å². The van der Waals surface area contributed by atoms with Crippen molar-refractivity contribution >= 4 is 20.7 Å². The molecule has 0 saturated heterocycles. The van der Waals surface area contributed by atoms with Crippen molar-refractivity contribution in [2.45, 2.75) is 39.5 Å². The van der Waals surface area contributed by atoms with Gasteiger partial charge in [0.15, 0.2) is 0 Å². The van der Waals surface area contributed by atoms with E-state index in [1.165, 1.54) is 36.5 Å². The van der Waals surface area contributed by atoms with E-state index in [1.54, 1.807) is 11.1 Å². The Morgan fingerprint density at radius 3 is 2.24 bits per heavy atom. The van der Waals surface area contributed by atoms with Crippen LogP contribution in [0.3, 0.4) is 0 Å². The van der Waals surface area contributed by atoms with E-state index in [0.717, 1.165) is 0 Å². The molecule has 0 aliphatic heterocycles. The fourth-order valence-corrected chi connectivity index (χ4v) is 2.43. The lowest BCUT2D eigenvalue weighted by Gasteiger charge is -2.11. The van der Waals surface area contributed by atoms with Crippen molar-refractivity contribution < 1.29 is 0 Å². The summed E-state index contributed by atoms with van der Waals surface area (Å²) in [7, 11) is 0. The summed E-state index contributed by atoms with van der Waals surface area (Å²) < 4.78 is 0. The molecule has 2 rings (SSSR count). The third kappa shape index (κ3) is 3.07. The van der Waals surface area contributed by atoms with E-state index in [9.17, 15) is 0 Å². The van der Waals surface area contributed by atoms with E-state index in [0.29, 0.717) is 0 Å². The molecule has 0 spiro atoms. The molecular weight excluding hydrogens is 223 g/mol. The van der Waals surface area contributed by atoms with Crippen LogP contribution in [0.1, 0.15) is 37.8 Å². The second kappa shape index (κ2) is 6.77. The minimum absolute atomic E-state index is 0. The highest BCUT2D eigenvalue weighted by atomic mass is 31.0. The van der Waals surface area contributed by atoms with E-state index >= 15 is 0 Å². The van der Waals surface area contributed by atoms with Crippen molar-refractivity contribution in [2.24, 2.45) is 0 Å². The van der Waals surface area contributed by atoms with Crippen molar-refractivity contribution in [2.75, 3.05) is 0 Å². The quantitative estimate of drug-likeness (QED) is 0.679. The predicted octanol–water partition coefficient (Wildman–Crippen LogP) is 4.80. The average molecular weight is 246 g/mol. The van der Waals surface area contributed by atoms with Gasteiger partial charge in [-0.15, -0.1) is 0 Å². The first-order valence-corrected chi connectivity index (χ1v) is 6.36. The van der Waals surface area contributed by atoms with Gasteiger partial charge < -0.3 is 0 Å². The number of hydrogen-bond acceptors (Lipinski definition) is 0. The van der Waals surface area contributed by atoms with Crippen LogP contribution in [0.2, 0.25) is 0 Å². The zero-order valence-electron chi connectivity index (χ0n) is 11.0. The first kappa shape index (κ1) is 14.2. The number of fused-ring (bicyclic) bond motifs is 1. The summed E-state index contributed by atoms with van der Waals surface area (Å²) in [6.45, 7) is 4.52. The van der Waals surface area contributed by atoms with Crippen molar-refractivity contribution in [3.8, 4) is 0 Å². The third-order valence-electron chi connectivity index (χ3n) is 3.16. The molecule has 1 unspecified atom stereocenters. The van der Waals surface area contributed by atoms with E-state index in [1.807, 2.05) is 0 Å². The van der Waals surface area contributed by atoms with Gasteiger partial charge in [0.2, 0.25) is 0 Å². The van der Waals surface area contributed by atoms with Crippen molar-refractivity contribution in [3.05, 3.63) is 47.5 Å². The second-order valence-corrected chi connectivity index (χ2v) is 4.42. The number of benzene rings is 2. The Morgan fingerprint density at radius 2 is 1.53 bits per heavy atom. The molecule has 2 aromatic rings. The van der Waals surface area contributed by atoms with E-state index < -0.39 is 0 Å². The smallest absolute Gasteiger partial charge is 0.0149 e. The maximum atomic E-state index is 2.32. The van der Waals surface area contributed by atoms with Crippen LogP contribution >= 0.6 is 9.90 Å². The Kier molecular flexibility index (Phi) is 5.65. The standard InChI is InChI=1S/C16H20.H3P/c1-3-7-13-11-12-14-9-5-6-10-16(14)15(13)8-4-2;/h5-6,9-12H,3-4,7-8H2,1-2H3;1H3. The fourth-order valence-electron chi connectivity index (χ4n) is 2.43. The Hall–Kier alpha value is -0.870. The summed E-state index contributed by atoms with van der Waals surface area (Å²) in [6, 6.07) is 13.3. The predicted molar refractivity (Wildman–Crippen MR) is 83.0 cm³/mol. The fraction of sp³-hybridized carbons (Fsp3) is 0.375. The summed E-state index contributed by atoms with van der Waals surface area (Å²) in [6.07, 6.45) is 4.87. The molecule has 0 radical (unpaired) electrons. The van der Waals surface area contributed by atoms with Gasteiger partial charge >= 0.3 is 0 Å². The zero-order valence-corrected chi connectivity index (χ0v) is 12.4. The van der Waals surface area contributed by atoms with Gasteiger partial charge in [-0.1, -0.05) is 63.1 Å². The van der Waals surface area contributed by atoms with Crippen LogP contribution in [0.4, 0.5) is 0 Å². The maximum Gasteiger partial charge on any atom is -0.0149 e. The summed E-state index contributed by atoms with van der Waals surface area (Å²) in [5, 5.41) is 2.83. The van der Waals surface area contributed by atoms with Gasteiger partial charge in [0.25, 0.3) is 0 Å². The van der Waals surface area contributed by atoms with Gasteiger partial charge in [0.1, 0.15) is 0 Å². The molecule has 0 heterocycles. The van der Waals surface area contributed by atoms with Crippen LogP contribution in [0.25, 0.3) is 10.8 Å². The first-order chi connectivity index (χ1) is 7.86. The summed E-state index contributed by atoms with van der Waals surface area (Å²) in [5.41, 5.74) is 3.12. The van der Waals surface area contributed by atoms with Gasteiger partial charge in [-0.25, -0.2) is 0 Å². The number of rotatable bonds is 4. The van der Waals surface area contributed by atoms with Crippen LogP contribution in [0.5, 0.6) is 0 Å². The highest BCUT2D eigenvalue weighted by molar-refractivity contribution is 6.92. The van der Waals surface area contributed by atoms with Gasteiger partial charge in [0.05, 0.1) is 0 Å². The maximum absolute atomic E-state index is 2.32. The van der Waals surface area contributed by atoms with Gasteiger partial charge in [-0.3, -0.25) is 0 Å². The molecule has 0 N–H and O–H groups in total. The molecule has 17 heavy (non-hydrogen) atoms. The summed E-state index contributed by atoms with van der Waals surface area (Å²) in [4.78, 5) is 0. The highest BCUT2D eigenvalue weighted by Crippen LogP contribution is 2.24. The van der Waals surface area contributed by atoms with E-state index in [2.05, 4.69) is 50.2 Å². The molecule has 2 aromatic carbocycles. The molecule has 0 aliphatic rings. The zero-order chi connectivity index (χ0) is 11.4. The molecule has 0 nitrogen and oxygen atoms in total. The van der Waals surface area contributed by atoms with E-state index in [-0.39, 0.29) is 9.90 Å². The largest absolute Gasteiger partial charge is 0.153 e. The monoisotopic (exact) mass is 246 g/mol. The lowest BCUT2D eigenvalue weighted by Crippen LogP contribution is -1.95. The van der Waals surface area contributed by atoms with Gasteiger partial charge in [-0.2, -0.15) is 9.90 Å². The SMILES string of the molecule is CCCc1ccc2ccccc2c1CCC.P. The van der Waals surface area contributed by atoms with Gasteiger partial charge in [0, 0.05) is 0 Å². The minimum atomic E-state index is 0. The van der Waals surface area contributed by atoms with Gasteiger partial charge in [-0.05, 0) is 34.7 Å². The summed E-state index contributed by atoms with van der Waals surface area (Å²) >= 11 is 0. The lowest BCUT2D eigenvalue weighted by molar-refractivity contribution is 0.868. The minimum Gasteiger partial charge on any atom is -0.153 e. The van der Waals surface area contributed by atoms with Crippen LogP contribution < -0.4 is 0 Å². The first-order valence-electron chi connectivity index (χ1n) is 6.36. The van der Waals surface area contributed by atoms with Crippen LogP contribution in [-0.2, 0) is 12.8 Å². The van der Waals surface area contributed by atoms with Crippen molar-refractivity contribution in [1.82, 2.24) is 0 Å². The Labute approximate surface area is 108 Å². The molecule has 0 bridgehead atoms. The molecular formula is C16H23P. The second-order valence-electron chi connectivity index (χ2n) is 4.42. The molecule has 0 saturated carbocycles. The Morgan fingerprint density at radius 1 is 0.824 bits per heavy atom. The highest BCUT2D eigenvalue weighted by Gasteiger charge is 2.05. The molecule has 1 heteroatoms. The molecule has 0 amide bonds. The third-order valence-corrected chi connectivity index (χ3v) is 3.16. The lowest BCUT2D eigenvalue weighted by atomic mass is 9.93. The number of aryl methyl sites for hydroxylation is 2. The van der Waals surface area contributed by atoms with Crippen molar-refractivity contribution in [1.29, 1.82) is 0 Å². The average Bonchev–Trinajstić information content (AvgIpc) is 2.32. The van der Waals surface area contributed by atoms with Crippen LogP contribution in [0.15, 0.2) is 36.4 Å². The normalized spacial score (nSPS) is 10.2. The van der Waals surface area contributed by atoms with Crippen LogP contribution in [0, 0.1) is 0 Å².